The minimum atomic E-state index is -3.38. The van der Waals surface area contributed by atoms with E-state index < -0.39 is 22.0 Å². The van der Waals surface area contributed by atoms with Crippen molar-refractivity contribution < 1.29 is 27.4 Å². The molecule has 0 aromatic heterocycles. The third kappa shape index (κ3) is 4.71. The lowest BCUT2D eigenvalue weighted by molar-refractivity contribution is -0.124. The molecule has 0 spiro atoms. The van der Waals surface area contributed by atoms with E-state index in [4.69, 9.17) is 14.2 Å². The Morgan fingerprint density at radius 3 is 2.38 bits per heavy atom. The molecule has 0 bridgehead atoms. The molecular formula is C21H23NO6S. The lowest BCUT2D eigenvalue weighted by Gasteiger charge is -2.31. The van der Waals surface area contributed by atoms with Gasteiger partial charge >= 0.3 is 0 Å². The van der Waals surface area contributed by atoms with Gasteiger partial charge in [0.25, 0.3) is 5.91 Å². The largest absolute Gasteiger partial charge is 0.497 e. The summed E-state index contributed by atoms with van der Waals surface area (Å²) >= 11 is 0. The number of methoxy groups -OCH3 is 2. The van der Waals surface area contributed by atoms with Crippen LogP contribution in [0.1, 0.15) is 6.92 Å². The SMILES string of the molecule is COc1ccc(N(C(=O)[C@H](C)Oc2ccccc2)[C@H]2C=CS(=O)(=O)C2)c(OC)c1. The average molecular weight is 417 g/mol. The molecule has 0 radical (unpaired) electrons. The summed E-state index contributed by atoms with van der Waals surface area (Å²) < 4.78 is 40.5. The Bertz CT molecular complexity index is 1000. The molecule has 0 aliphatic carbocycles. The number of ether oxygens (including phenoxy) is 3. The van der Waals surface area contributed by atoms with Crippen molar-refractivity contribution in [2.24, 2.45) is 0 Å². The summed E-state index contributed by atoms with van der Waals surface area (Å²) in [6, 6.07) is 13.3. The second-order valence-electron chi connectivity index (χ2n) is 6.54. The molecule has 3 rings (SSSR count). The van der Waals surface area contributed by atoms with Crippen LogP contribution in [0.3, 0.4) is 0 Å². The second-order valence-corrected chi connectivity index (χ2v) is 8.48. The first-order valence-corrected chi connectivity index (χ1v) is 10.7. The van der Waals surface area contributed by atoms with Crippen molar-refractivity contribution >= 4 is 21.4 Å². The topological polar surface area (TPSA) is 82.1 Å². The maximum atomic E-state index is 13.4. The van der Waals surface area contributed by atoms with E-state index in [0.29, 0.717) is 22.9 Å². The van der Waals surface area contributed by atoms with Gasteiger partial charge in [-0.15, -0.1) is 0 Å². The molecule has 0 saturated carbocycles. The molecule has 0 unspecified atom stereocenters. The first-order valence-electron chi connectivity index (χ1n) is 9.02. The molecule has 0 fully saturated rings. The van der Waals surface area contributed by atoms with E-state index >= 15 is 0 Å². The Hall–Kier alpha value is -3.00. The fraction of sp³-hybridized carbons (Fsp3) is 0.286. The molecule has 2 aromatic rings. The van der Waals surface area contributed by atoms with E-state index in [1.165, 1.54) is 25.2 Å². The number of carbonyl (C=O) groups is 1. The van der Waals surface area contributed by atoms with Crippen molar-refractivity contribution in [2.45, 2.75) is 19.1 Å². The highest BCUT2D eigenvalue weighted by molar-refractivity contribution is 7.94. The van der Waals surface area contributed by atoms with E-state index in [9.17, 15) is 13.2 Å². The van der Waals surface area contributed by atoms with Crippen molar-refractivity contribution in [1.29, 1.82) is 0 Å². The van der Waals surface area contributed by atoms with Gasteiger partial charge in [-0.05, 0) is 37.3 Å². The molecule has 7 nitrogen and oxygen atoms in total. The predicted molar refractivity (Wildman–Crippen MR) is 110 cm³/mol. The van der Waals surface area contributed by atoms with Crippen LogP contribution < -0.4 is 19.1 Å². The van der Waals surface area contributed by atoms with E-state index in [0.717, 1.165) is 5.41 Å². The maximum Gasteiger partial charge on any atom is 0.268 e. The lowest BCUT2D eigenvalue weighted by Crippen LogP contribution is -2.47. The summed E-state index contributed by atoms with van der Waals surface area (Å²) in [6.07, 6.45) is 0.660. The number of amides is 1. The molecule has 154 valence electrons. The zero-order chi connectivity index (χ0) is 21.0. The van der Waals surface area contributed by atoms with Gasteiger partial charge in [-0.25, -0.2) is 8.42 Å². The number of nitrogens with zero attached hydrogens (tertiary/aromatic N) is 1. The summed E-state index contributed by atoms with van der Waals surface area (Å²) in [4.78, 5) is 14.8. The van der Waals surface area contributed by atoms with Crippen molar-refractivity contribution in [3.05, 3.63) is 60.0 Å². The molecule has 0 saturated heterocycles. The highest BCUT2D eigenvalue weighted by atomic mass is 32.2. The van der Waals surface area contributed by atoms with Crippen molar-refractivity contribution in [1.82, 2.24) is 0 Å². The van der Waals surface area contributed by atoms with Gasteiger partial charge in [-0.3, -0.25) is 9.69 Å². The molecule has 29 heavy (non-hydrogen) atoms. The van der Waals surface area contributed by atoms with Crippen LogP contribution in [0.15, 0.2) is 60.0 Å². The summed E-state index contributed by atoms with van der Waals surface area (Å²) in [7, 11) is -0.374. The van der Waals surface area contributed by atoms with Gasteiger partial charge in [-0.1, -0.05) is 18.2 Å². The van der Waals surface area contributed by atoms with Crippen LogP contribution in [0.5, 0.6) is 17.2 Å². The normalized spacial score (nSPS) is 18.1. The Balaban J connectivity index is 1.98. The smallest absolute Gasteiger partial charge is 0.268 e. The number of para-hydroxylation sites is 1. The van der Waals surface area contributed by atoms with Crippen LogP contribution in [-0.4, -0.2) is 46.4 Å². The molecule has 1 aliphatic heterocycles. The number of hydrogen-bond acceptors (Lipinski definition) is 6. The molecule has 1 aliphatic rings. The first-order chi connectivity index (χ1) is 13.8. The molecular weight excluding hydrogens is 394 g/mol. The zero-order valence-electron chi connectivity index (χ0n) is 16.4. The van der Waals surface area contributed by atoms with Crippen molar-refractivity contribution in [3.8, 4) is 17.2 Å². The van der Waals surface area contributed by atoms with Crippen LogP contribution in [0.4, 0.5) is 5.69 Å². The number of anilines is 1. The van der Waals surface area contributed by atoms with E-state index in [1.54, 1.807) is 37.3 Å². The van der Waals surface area contributed by atoms with Crippen LogP contribution in [0, 0.1) is 0 Å². The summed E-state index contributed by atoms with van der Waals surface area (Å²) in [5, 5.41) is 1.14. The monoisotopic (exact) mass is 417 g/mol. The number of sulfone groups is 1. The molecule has 8 heteroatoms. The molecule has 2 atom stereocenters. The van der Waals surface area contributed by atoms with E-state index in [2.05, 4.69) is 0 Å². The fourth-order valence-electron chi connectivity index (χ4n) is 3.11. The van der Waals surface area contributed by atoms with Crippen LogP contribution in [-0.2, 0) is 14.6 Å². The molecule has 1 amide bonds. The Kier molecular flexibility index (Phi) is 6.12. The number of rotatable bonds is 7. The molecule has 0 N–H and O–H groups in total. The molecule has 2 aromatic carbocycles. The Morgan fingerprint density at radius 1 is 1.07 bits per heavy atom. The van der Waals surface area contributed by atoms with Gasteiger partial charge in [0, 0.05) is 11.5 Å². The van der Waals surface area contributed by atoms with Gasteiger partial charge in [0.15, 0.2) is 15.9 Å². The first kappa shape index (κ1) is 20.7. The minimum Gasteiger partial charge on any atom is -0.497 e. The van der Waals surface area contributed by atoms with E-state index in [1.807, 2.05) is 18.2 Å². The summed E-state index contributed by atoms with van der Waals surface area (Å²) in [5.41, 5.74) is 0.438. The number of benzene rings is 2. The summed E-state index contributed by atoms with van der Waals surface area (Å²) in [5.74, 6) is 0.906. The predicted octanol–water partition coefficient (Wildman–Crippen LogP) is 2.82. The Morgan fingerprint density at radius 2 is 1.79 bits per heavy atom. The zero-order valence-corrected chi connectivity index (χ0v) is 17.3. The van der Waals surface area contributed by atoms with Crippen LogP contribution >= 0.6 is 0 Å². The number of carbonyl (C=O) groups excluding carboxylic acids is 1. The van der Waals surface area contributed by atoms with Crippen molar-refractivity contribution in [2.75, 3.05) is 24.9 Å². The quantitative estimate of drug-likeness (QED) is 0.689. The lowest BCUT2D eigenvalue weighted by atomic mass is 10.1. The highest BCUT2D eigenvalue weighted by Crippen LogP contribution is 2.35. The minimum absolute atomic E-state index is 0.202. The van der Waals surface area contributed by atoms with Crippen LogP contribution in [0.25, 0.3) is 0 Å². The maximum absolute atomic E-state index is 13.4. The fourth-order valence-corrected chi connectivity index (χ4v) is 4.38. The van der Waals surface area contributed by atoms with Gasteiger partial charge < -0.3 is 14.2 Å². The Labute approximate surface area is 170 Å². The van der Waals surface area contributed by atoms with Gasteiger partial charge in [0.05, 0.1) is 31.7 Å². The van der Waals surface area contributed by atoms with Gasteiger partial charge in [0.2, 0.25) is 0 Å². The third-order valence-corrected chi connectivity index (χ3v) is 5.91. The van der Waals surface area contributed by atoms with Crippen molar-refractivity contribution in [3.63, 3.8) is 0 Å². The average Bonchev–Trinajstić information content (AvgIpc) is 3.08. The standard InChI is InChI=1S/C21H23NO6S/c1-15(28-17-7-5-4-6-8-17)21(23)22(16-11-12-29(24,25)14-16)19-10-9-18(26-2)13-20(19)27-3/h4-13,15-16H,14H2,1-3H3/t15-,16-/m0/s1. The third-order valence-electron chi connectivity index (χ3n) is 4.53. The highest BCUT2D eigenvalue weighted by Gasteiger charge is 2.35. The van der Waals surface area contributed by atoms with Gasteiger partial charge in [0.1, 0.15) is 17.2 Å². The second kappa shape index (κ2) is 8.57. The van der Waals surface area contributed by atoms with Crippen LogP contribution in [0.2, 0.25) is 0 Å². The summed E-state index contributed by atoms with van der Waals surface area (Å²) in [6.45, 7) is 1.63. The number of hydrogen-bond donors (Lipinski definition) is 0. The van der Waals surface area contributed by atoms with E-state index in [-0.39, 0.29) is 11.7 Å². The molecule has 1 heterocycles. The van der Waals surface area contributed by atoms with Gasteiger partial charge in [-0.2, -0.15) is 0 Å².